The van der Waals surface area contributed by atoms with Gasteiger partial charge in [-0.3, -0.25) is 0 Å². The lowest BCUT2D eigenvalue weighted by Crippen LogP contribution is -2.21. The Labute approximate surface area is 120 Å². The van der Waals surface area contributed by atoms with E-state index >= 15 is 0 Å². The molecule has 0 bridgehead atoms. The van der Waals surface area contributed by atoms with Crippen molar-refractivity contribution in [2.45, 2.75) is 49.4 Å². The number of rotatable bonds is 6. The molecule has 0 aliphatic carbocycles. The zero-order valence-electron chi connectivity index (χ0n) is 11.9. The summed E-state index contributed by atoms with van der Waals surface area (Å²) in [5.41, 5.74) is 1.33. The van der Waals surface area contributed by atoms with Crippen LogP contribution in [0.4, 0.5) is 0 Å². The third-order valence-electron chi connectivity index (χ3n) is 3.41. The van der Waals surface area contributed by atoms with E-state index in [2.05, 4.69) is 30.2 Å². The van der Waals surface area contributed by atoms with Crippen LogP contribution < -0.4 is 5.32 Å². The predicted octanol–water partition coefficient (Wildman–Crippen LogP) is 3.41. The molecule has 1 fully saturated rings. The number of nitrogens with one attached hydrogen (secondary N) is 1. The van der Waals surface area contributed by atoms with Crippen molar-refractivity contribution >= 4 is 11.8 Å². The van der Waals surface area contributed by atoms with Gasteiger partial charge in [-0.1, -0.05) is 13.0 Å². The molecule has 1 aromatic rings. The SMILES string of the molecule is CCCNC(C)c1cccnc1SC1CCOCC1. The fraction of sp³-hybridized carbons (Fsp3) is 0.667. The van der Waals surface area contributed by atoms with Crippen molar-refractivity contribution < 1.29 is 4.74 Å². The van der Waals surface area contributed by atoms with Crippen LogP contribution in [0.25, 0.3) is 0 Å². The summed E-state index contributed by atoms with van der Waals surface area (Å²) < 4.78 is 5.42. The molecule has 1 saturated heterocycles. The van der Waals surface area contributed by atoms with Crippen LogP contribution in [-0.2, 0) is 4.74 Å². The molecular formula is C15H24N2OS. The van der Waals surface area contributed by atoms with E-state index in [0.29, 0.717) is 11.3 Å². The van der Waals surface area contributed by atoms with Crippen molar-refractivity contribution in [1.29, 1.82) is 0 Å². The number of hydrogen-bond donors (Lipinski definition) is 1. The van der Waals surface area contributed by atoms with Gasteiger partial charge in [0.25, 0.3) is 0 Å². The average molecular weight is 280 g/mol. The van der Waals surface area contributed by atoms with Crippen LogP contribution in [0.1, 0.15) is 44.7 Å². The smallest absolute Gasteiger partial charge is 0.101 e. The van der Waals surface area contributed by atoms with Gasteiger partial charge in [-0.15, -0.1) is 11.8 Å². The second-order valence-corrected chi connectivity index (χ2v) is 6.29. The molecule has 1 unspecified atom stereocenters. The van der Waals surface area contributed by atoms with E-state index in [9.17, 15) is 0 Å². The Kier molecular flexibility index (Phi) is 6.14. The molecule has 3 nitrogen and oxygen atoms in total. The van der Waals surface area contributed by atoms with Gasteiger partial charge in [0.05, 0.1) is 0 Å². The van der Waals surface area contributed by atoms with Crippen LogP contribution in [0.15, 0.2) is 23.4 Å². The first kappa shape index (κ1) is 14.8. The molecule has 19 heavy (non-hydrogen) atoms. The highest BCUT2D eigenvalue weighted by atomic mass is 32.2. The molecule has 4 heteroatoms. The van der Waals surface area contributed by atoms with Crippen LogP contribution in [0, 0.1) is 0 Å². The molecular weight excluding hydrogens is 256 g/mol. The first-order valence-electron chi connectivity index (χ1n) is 7.24. The minimum absolute atomic E-state index is 0.371. The third kappa shape index (κ3) is 4.48. The molecule has 1 N–H and O–H groups in total. The molecule has 1 aliphatic heterocycles. The van der Waals surface area contributed by atoms with Crippen molar-refractivity contribution in [2.75, 3.05) is 19.8 Å². The summed E-state index contributed by atoms with van der Waals surface area (Å²) in [7, 11) is 0. The van der Waals surface area contributed by atoms with Crippen LogP contribution in [0.2, 0.25) is 0 Å². The molecule has 2 heterocycles. The molecule has 1 aliphatic rings. The molecule has 106 valence electrons. The Bertz CT molecular complexity index is 380. The van der Waals surface area contributed by atoms with Crippen molar-refractivity contribution in [2.24, 2.45) is 0 Å². The van der Waals surface area contributed by atoms with Gasteiger partial charge >= 0.3 is 0 Å². The lowest BCUT2D eigenvalue weighted by molar-refractivity contribution is 0.1000. The van der Waals surface area contributed by atoms with Crippen molar-refractivity contribution in [3.05, 3.63) is 23.9 Å². The van der Waals surface area contributed by atoms with Crippen molar-refractivity contribution in [3.8, 4) is 0 Å². The Hall–Kier alpha value is -0.580. The van der Waals surface area contributed by atoms with E-state index in [0.717, 1.165) is 39.0 Å². The molecule has 1 aromatic heterocycles. The summed E-state index contributed by atoms with van der Waals surface area (Å²) in [6, 6.07) is 4.60. The van der Waals surface area contributed by atoms with Gasteiger partial charge in [-0.2, -0.15) is 0 Å². The van der Waals surface area contributed by atoms with E-state index in [1.807, 2.05) is 24.0 Å². The predicted molar refractivity (Wildman–Crippen MR) is 80.6 cm³/mol. The standard InChI is InChI=1S/C15H24N2OS/c1-3-8-16-12(2)14-5-4-9-17-15(14)19-13-6-10-18-11-7-13/h4-5,9,12-13,16H,3,6-8,10-11H2,1-2H3. The van der Waals surface area contributed by atoms with Crippen LogP contribution in [0.5, 0.6) is 0 Å². The summed E-state index contributed by atoms with van der Waals surface area (Å²) in [5.74, 6) is 0. The minimum Gasteiger partial charge on any atom is -0.381 e. The van der Waals surface area contributed by atoms with E-state index in [-0.39, 0.29) is 0 Å². The van der Waals surface area contributed by atoms with Crippen molar-refractivity contribution in [3.63, 3.8) is 0 Å². The lowest BCUT2D eigenvalue weighted by atomic mass is 10.1. The lowest BCUT2D eigenvalue weighted by Gasteiger charge is -2.23. The highest BCUT2D eigenvalue weighted by Crippen LogP contribution is 2.32. The molecule has 2 rings (SSSR count). The number of thioether (sulfide) groups is 1. The van der Waals surface area contributed by atoms with E-state index < -0.39 is 0 Å². The summed E-state index contributed by atoms with van der Waals surface area (Å²) in [6.07, 6.45) is 5.33. The van der Waals surface area contributed by atoms with Gasteiger partial charge < -0.3 is 10.1 Å². The summed E-state index contributed by atoms with van der Waals surface area (Å²) in [6.45, 7) is 7.26. The minimum atomic E-state index is 0.371. The molecule has 0 spiro atoms. The zero-order valence-corrected chi connectivity index (χ0v) is 12.7. The van der Waals surface area contributed by atoms with Gasteiger partial charge in [-0.25, -0.2) is 4.98 Å². The van der Waals surface area contributed by atoms with Crippen LogP contribution in [-0.4, -0.2) is 30.0 Å². The van der Waals surface area contributed by atoms with E-state index in [4.69, 9.17) is 4.74 Å². The average Bonchev–Trinajstić information content (AvgIpc) is 2.46. The van der Waals surface area contributed by atoms with Gasteiger partial charge in [-0.05, 0) is 38.8 Å². The molecule has 0 aromatic carbocycles. The Morgan fingerprint density at radius 2 is 2.26 bits per heavy atom. The Morgan fingerprint density at radius 3 is 3.00 bits per heavy atom. The number of ether oxygens (including phenoxy) is 1. The second-order valence-electron chi connectivity index (χ2n) is 5.00. The maximum absolute atomic E-state index is 5.42. The number of nitrogens with zero attached hydrogens (tertiary/aromatic N) is 1. The van der Waals surface area contributed by atoms with Crippen LogP contribution in [0.3, 0.4) is 0 Å². The highest BCUT2D eigenvalue weighted by molar-refractivity contribution is 7.99. The molecule has 0 radical (unpaired) electrons. The molecule has 0 amide bonds. The quantitative estimate of drug-likeness (QED) is 0.866. The topological polar surface area (TPSA) is 34.2 Å². The van der Waals surface area contributed by atoms with E-state index in [1.54, 1.807) is 0 Å². The van der Waals surface area contributed by atoms with Crippen LogP contribution >= 0.6 is 11.8 Å². The van der Waals surface area contributed by atoms with E-state index in [1.165, 1.54) is 10.6 Å². The first-order chi connectivity index (χ1) is 9.31. The normalized spacial score (nSPS) is 18.4. The van der Waals surface area contributed by atoms with Gasteiger partial charge in [0.15, 0.2) is 0 Å². The number of aromatic nitrogens is 1. The second kappa shape index (κ2) is 7.88. The summed E-state index contributed by atoms with van der Waals surface area (Å²) in [4.78, 5) is 4.58. The maximum atomic E-state index is 5.42. The molecule has 0 saturated carbocycles. The summed E-state index contributed by atoms with van der Waals surface area (Å²) >= 11 is 1.92. The Morgan fingerprint density at radius 1 is 1.47 bits per heavy atom. The fourth-order valence-corrected chi connectivity index (χ4v) is 3.50. The van der Waals surface area contributed by atoms with Gasteiger partial charge in [0, 0.05) is 36.3 Å². The highest BCUT2D eigenvalue weighted by Gasteiger charge is 2.19. The van der Waals surface area contributed by atoms with Crippen molar-refractivity contribution in [1.82, 2.24) is 10.3 Å². The first-order valence-corrected chi connectivity index (χ1v) is 8.12. The fourth-order valence-electron chi connectivity index (χ4n) is 2.25. The number of pyridine rings is 1. The van der Waals surface area contributed by atoms with Gasteiger partial charge in [0.1, 0.15) is 5.03 Å². The zero-order chi connectivity index (χ0) is 13.5. The monoisotopic (exact) mass is 280 g/mol. The Balaban J connectivity index is 2.02. The number of hydrogen-bond acceptors (Lipinski definition) is 4. The largest absolute Gasteiger partial charge is 0.381 e. The summed E-state index contributed by atoms with van der Waals surface area (Å²) in [5, 5.41) is 5.39. The maximum Gasteiger partial charge on any atom is 0.101 e. The van der Waals surface area contributed by atoms with Gasteiger partial charge in [0.2, 0.25) is 0 Å². The third-order valence-corrected chi connectivity index (χ3v) is 4.78. The molecule has 1 atom stereocenters.